The summed E-state index contributed by atoms with van der Waals surface area (Å²) in [7, 11) is 2.60. The van der Waals surface area contributed by atoms with E-state index < -0.39 is 18.2 Å². The maximum Gasteiger partial charge on any atom is 0.357 e. The topological polar surface area (TPSA) is 78.9 Å². The first kappa shape index (κ1) is 24.6. The number of hydrogen-bond donors (Lipinski definition) is 0. The highest BCUT2D eigenvalue weighted by molar-refractivity contribution is 7.00. The quantitative estimate of drug-likeness (QED) is 0.163. The number of Topliss-reactive ketones (excluding diaryl/α,β-unsaturated/α-hetero) is 1. The van der Waals surface area contributed by atoms with Gasteiger partial charge in [0.1, 0.15) is 5.92 Å². The van der Waals surface area contributed by atoms with E-state index in [-0.39, 0.29) is 5.78 Å². The summed E-state index contributed by atoms with van der Waals surface area (Å²) in [6, 6.07) is 10.8. The van der Waals surface area contributed by atoms with Gasteiger partial charge < -0.3 is 4.74 Å². The third-order valence-electron chi connectivity index (χ3n) is 4.83. The molecular formula is C22H28O6P+. The van der Waals surface area contributed by atoms with Crippen LogP contribution in [0.5, 0.6) is 0 Å². The summed E-state index contributed by atoms with van der Waals surface area (Å²) in [5.41, 5.74) is 4.95. The lowest BCUT2D eigenvalue weighted by atomic mass is 9.84. The Bertz CT molecular complexity index is 850. The molecule has 0 heterocycles. The molecule has 0 spiro atoms. The molecule has 0 saturated carbocycles. The zero-order valence-corrected chi connectivity index (χ0v) is 18.8. The van der Waals surface area contributed by atoms with Gasteiger partial charge in [-0.15, -0.1) is 0 Å². The Kier molecular flexibility index (Phi) is 9.83. The van der Waals surface area contributed by atoms with Crippen LogP contribution in [0.4, 0.5) is 0 Å². The average molecular weight is 419 g/mol. The van der Waals surface area contributed by atoms with Crippen LogP contribution in [0.2, 0.25) is 0 Å². The molecule has 0 amide bonds. The molecule has 0 radical (unpaired) electrons. The number of ether oxygens (including phenoxy) is 1. The monoisotopic (exact) mass is 419 g/mol. The van der Waals surface area contributed by atoms with E-state index in [0.717, 1.165) is 22.3 Å². The summed E-state index contributed by atoms with van der Waals surface area (Å²) >= 11 is 0. The minimum atomic E-state index is -1.12. The Morgan fingerprint density at radius 3 is 2.07 bits per heavy atom. The van der Waals surface area contributed by atoms with Crippen molar-refractivity contribution in [2.24, 2.45) is 0 Å². The fourth-order valence-electron chi connectivity index (χ4n) is 3.05. The first-order valence-electron chi connectivity index (χ1n) is 9.08. The fraction of sp³-hybridized carbons (Fsp3) is 0.364. The van der Waals surface area contributed by atoms with Gasteiger partial charge in [-0.25, -0.2) is 4.79 Å². The average Bonchev–Trinajstić information content (AvgIpc) is 2.72. The largest absolute Gasteiger partial charge is 0.357 e. The van der Waals surface area contributed by atoms with E-state index in [1.54, 1.807) is 31.2 Å². The van der Waals surface area contributed by atoms with Crippen molar-refractivity contribution in [2.45, 2.75) is 46.8 Å². The summed E-state index contributed by atoms with van der Waals surface area (Å²) in [5.74, 6) is -2.19. The van der Waals surface area contributed by atoms with Gasteiger partial charge in [0, 0.05) is 12.7 Å². The van der Waals surface area contributed by atoms with E-state index in [4.69, 9.17) is 19.1 Å². The van der Waals surface area contributed by atoms with E-state index in [2.05, 4.69) is 0 Å². The summed E-state index contributed by atoms with van der Waals surface area (Å²) in [5, 5.41) is 0. The van der Waals surface area contributed by atoms with Crippen LogP contribution in [-0.2, 0) is 23.9 Å². The Morgan fingerprint density at radius 2 is 1.52 bits per heavy atom. The first-order valence-corrected chi connectivity index (χ1v) is 9.55. The van der Waals surface area contributed by atoms with Crippen molar-refractivity contribution in [3.05, 3.63) is 69.8 Å². The van der Waals surface area contributed by atoms with Crippen LogP contribution in [0.15, 0.2) is 36.4 Å². The molecule has 3 atom stereocenters. The highest BCUT2D eigenvalue weighted by Crippen LogP contribution is 2.29. The molecule has 6 nitrogen and oxygen atoms in total. The molecule has 3 unspecified atom stereocenters. The Hall–Kier alpha value is -2.40. The van der Waals surface area contributed by atoms with E-state index in [9.17, 15) is 9.59 Å². The maximum absolute atomic E-state index is 13.4. The Labute approximate surface area is 173 Å². The minimum Gasteiger partial charge on any atom is -0.352 e. The molecule has 0 aliphatic carbocycles. The maximum atomic E-state index is 13.4. The van der Waals surface area contributed by atoms with Crippen LogP contribution in [-0.4, -0.2) is 25.2 Å². The second-order valence-corrected chi connectivity index (χ2v) is 6.65. The molecule has 2 aromatic carbocycles. The SMILES string of the molecule is COC(C)OOC(=O)C(C(=O)c1c(C)cc(C)c(C)c1C)c1ccccc1.O=[PH2+]. The lowest BCUT2D eigenvalue weighted by Gasteiger charge is -2.20. The fourth-order valence-corrected chi connectivity index (χ4v) is 3.05. The molecule has 0 N–H and O–H groups in total. The van der Waals surface area contributed by atoms with Crippen molar-refractivity contribution in [2.75, 3.05) is 7.11 Å². The van der Waals surface area contributed by atoms with Gasteiger partial charge in [0.15, 0.2) is 12.1 Å². The van der Waals surface area contributed by atoms with Crippen molar-refractivity contribution in [3.8, 4) is 0 Å². The molecule has 29 heavy (non-hydrogen) atoms. The third kappa shape index (κ3) is 6.04. The number of benzene rings is 2. The highest BCUT2D eigenvalue weighted by atomic mass is 31.0. The number of methoxy groups -OCH3 is 1. The van der Waals surface area contributed by atoms with Gasteiger partial charge >= 0.3 is 15.1 Å². The number of carbonyl (C=O) groups is 2. The number of aryl methyl sites for hydroxylation is 2. The standard InChI is InChI=1S/C22H26O5.H2OP/c1-13-12-14(2)19(16(4)15(13)3)21(23)20(18-10-8-7-9-11-18)22(24)27-26-17(5)25-6;1-2/h7-12,17,20H,1-6H3;2H2/q;+1. The molecule has 2 rings (SSSR count). The smallest absolute Gasteiger partial charge is 0.352 e. The molecular weight excluding hydrogens is 391 g/mol. The van der Waals surface area contributed by atoms with Gasteiger partial charge in [-0.2, -0.15) is 4.89 Å². The van der Waals surface area contributed by atoms with Crippen molar-refractivity contribution >= 4 is 20.9 Å². The summed E-state index contributed by atoms with van der Waals surface area (Å²) in [6.07, 6.45) is -0.731. The second kappa shape index (κ2) is 11.6. The predicted molar refractivity (Wildman–Crippen MR) is 113 cm³/mol. The lowest BCUT2D eigenvalue weighted by Crippen LogP contribution is -2.27. The second-order valence-electron chi connectivity index (χ2n) is 6.65. The number of hydrogen-bond acceptors (Lipinski definition) is 6. The molecule has 0 aliphatic rings. The normalized spacial score (nSPS) is 12.3. The van der Waals surface area contributed by atoms with Gasteiger partial charge in [0.25, 0.3) is 0 Å². The van der Waals surface area contributed by atoms with Crippen LogP contribution < -0.4 is 0 Å². The molecule has 7 heteroatoms. The van der Waals surface area contributed by atoms with E-state index >= 15 is 0 Å². The van der Waals surface area contributed by atoms with Crippen molar-refractivity contribution in [3.63, 3.8) is 0 Å². The van der Waals surface area contributed by atoms with Gasteiger partial charge in [-0.1, -0.05) is 41.0 Å². The highest BCUT2D eigenvalue weighted by Gasteiger charge is 2.34. The van der Waals surface area contributed by atoms with Gasteiger partial charge in [0.05, 0.1) is 0 Å². The summed E-state index contributed by atoms with van der Waals surface area (Å²) < 4.78 is 13.1. The lowest BCUT2D eigenvalue weighted by molar-refractivity contribution is -0.342. The Morgan fingerprint density at radius 1 is 0.931 bits per heavy atom. The number of rotatable bonds is 7. The zero-order chi connectivity index (χ0) is 22.1. The van der Waals surface area contributed by atoms with Gasteiger partial charge in [-0.05, 0) is 62.4 Å². The van der Waals surface area contributed by atoms with Crippen LogP contribution in [0, 0.1) is 27.7 Å². The van der Waals surface area contributed by atoms with Crippen molar-refractivity contribution < 1.29 is 28.7 Å². The Balaban J connectivity index is 0.00000204. The molecule has 0 saturated heterocycles. The molecule has 0 fully saturated rings. The molecule has 0 aliphatic heterocycles. The van der Waals surface area contributed by atoms with Crippen molar-refractivity contribution in [1.29, 1.82) is 0 Å². The molecule has 156 valence electrons. The summed E-state index contributed by atoms with van der Waals surface area (Å²) in [6.45, 7) is 9.35. The van der Waals surface area contributed by atoms with Crippen LogP contribution in [0.1, 0.15) is 51.0 Å². The van der Waals surface area contributed by atoms with Crippen LogP contribution in [0.3, 0.4) is 0 Å². The number of ketones is 1. The third-order valence-corrected chi connectivity index (χ3v) is 4.83. The predicted octanol–water partition coefficient (Wildman–Crippen LogP) is 4.56. The van der Waals surface area contributed by atoms with E-state index in [1.807, 2.05) is 39.8 Å². The van der Waals surface area contributed by atoms with Crippen LogP contribution in [0.25, 0.3) is 0 Å². The number of carbonyl (C=O) groups excluding carboxylic acids is 2. The molecule has 2 aromatic rings. The molecule has 0 bridgehead atoms. The van der Waals surface area contributed by atoms with Crippen molar-refractivity contribution in [1.82, 2.24) is 0 Å². The minimum absolute atomic E-state index is 0.307. The van der Waals surface area contributed by atoms with E-state index in [1.165, 1.54) is 16.2 Å². The van der Waals surface area contributed by atoms with E-state index in [0.29, 0.717) is 11.1 Å². The van der Waals surface area contributed by atoms with Crippen LogP contribution >= 0.6 is 9.12 Å². The zero-order valence-electron chi connectivity index (χ0n) is 17.6. The first-order chi connectivity index (χ1) is 13.8. The molecule has 0 aromatic heterocycles. The van der Waals surface area contributed by atoms with Gasteiger partial charge in [0.2, 0.25) is 0 Å². The summed E-state index contributed by atoms with van der Waals surface area (Å²) in [4.78, 5) is 36.0. The van der Waals surface area contributed by atoms with Gasteiger partial charge in [-0.3, -0.25) is 9.68 Å².